The number of hydrogen-bond donors (Lipinski definition) is 2. The van der Waals surface area contributed by atoms with Gasteiger partial charge in [0.2, 0.25) is 5.91 Å². The van der Waals surface area contributed by atoms with Crippen molar-refractivity contribution in [2.75, 3.05) is 5.32 Å². The van der Waals surface area contributed by atoms with Crippen molar-refractivity contribution in [3.05, 3.63) is 29.0 Å². The molecule has 1 saturated carbocycles. The van der Waals surface area contributed by atoms with Crippen molar-refractivity contribution < 1.29 is 9.32 Å². The molecule has 1 aromatic carbocycles. The number of carbonyl (C=O) groups is 1. The smallest absolute Gasteiger partial charge is 0.259 e. The van der Waals surface area contributed by atoms with E-state index in [9.17, 15) is 4.79 Å². The van der Waals surface area contributed by atoms with Crippen LogP contribution in [0.1, 0.15) is 45.4 Å². The number of anilines is 1. The minimum absolute atomic E-state index is 0.0418. The molecule has 1 aliphatic rings. The summed E-state index contributed by atoms with van der Waals surface area (Å²) in [5.41, 5.74) is 6.96. The van der Waals surface area contributed by atoms with Crippen LogP contribution in [0.2, 0.25) is 5.02 Å². The minimum atomic E-state index is -0.489. The Balaban J connectivity index is 1.83. The second-order valence-electron chi connectivity index (χ2n) is 6.77. The zero-order valence-electron chi connectivity index (χ0n) is 13.8. The first kappa shape index (κ1) is 16.9. The lowest BCUT2D eigenvalue weighted by atomic mass is 9.77. The second-order valence-corrected chi connectivity index (χ2v) is 7.18. The van der Waals surface area contributed by atoms with Crippen LogP contribution in [-0.2, 0) is 10.3 Å². The highest BCUT2D eigenvalue weighted by Crippen LogP contribution is 2.38. The lowest BCUT2D eigenvalue weighted by molar-refractivity contribution is -0.116. The van der Waals surface area contributed by atoms with E-state index < -0.39 is 5.54 Å². The summed E-state index contributed by atoms with van der Waals surface area (Å²) in [6, 6.07) is 5.19. The van der Waals surface area contributed by atoms with Gasteiger partial charge in [0, 0.05) is 12.1 Å². The zero-order valence-corrected chi connectivity index (χ0v) is 14.6. The molecule has 0 spiro atoms. The minimum Gasteiger partial charge on any atom is -0.334 e. The van der Waals surface area contributed by atoms with Crippen LogP contribution in [0.25, 0.3) is 11.5 Å². The molecule has 7 heteroatoms. The van der Waals surface area contributed by atoms with Gasteiger partial charge in [0.1, 0.15) is 0 Å². The number of aromatic nitrogens is 2. The number of nitrogens with two attached hydrogens (primary N) is 1. The van der Waals surface area contributed by atoms with Gasteiger partial charge < -0.3 is 15.6 Å². The summed E-state index contributed by atoms with van der Waals surface area (Å²) in [4.78, 5) is 16.3. The number of nitrogens with zero attached hydrogens (tertiary/aromatic N) is 2. The maximum Gasteiger partial charge on any atom is 0.259 e. The van der Waals surface area contributed by atoms with E-state index in [0.717, 1.165) is 19.3 Å². The fourth-order valence-corrected chi connectivity index (χ4v) is 2.86. The summed E-state index contributed by atoms with van der Waals surface area (Å²) in [5.74, 6) is 1.07. The lowest BCUT2D eigenvalue weighted by Crippen LogP contribution is -2.44. The number of hydrogen-bond acceptors (Lipinski definition) is 5. The van der Waals surface area contributed by atoms with E-state index in [-0.39, 0.29) is 5.91 Å². The Bertz CT molecular complexity index is 753. The molecule has 128 valence electrons. The molecule has 0 saturated heterocycles. The molecule has 1 aliphatic carbocycles. The van der Waals surface area contributed by atoms with Crippen LogP contribution in [0.4, 0.5) is 5.69 Å². The first-order valence-electron chi connectivity index (χ1n) is 8.10. The molecule has 0 bridgehead atoms. The topological polar surface area (TPSA) is 94.0 Å². The molecule has 1 heterocycles. The molecule has 6 nitrogen and oxygen atoms in total. The molecular weight excluding hydrogens is 328 g/mol. The Morgan fingerprint density at radius 3 is 2.83 bits per heavy atom. The highest BCUT2D eigenvalue weighted by atomic mass is 35.5. The van der Waals surface area contributed by atoms with Crippen LogP contribution >= 0.6 is 11.6 Å². The van der Waals surface area contributed by atoms with Crippen molar-refractivity contribution in [3.8, 4) is 11.5 Å². The Kier molecular flexibility index (Phi) is 4.60. The zero-order chi connectivity index (χ0) is 17.3. The van der Waals surface area contributed by atoms with Gasteiger partial charge in [0.25, 0.3) is 5.89 Å². The van der Waals surface area contributed by atoms with Gasteiger partial charge in [-0.2, -0.15) is 4.98 Å². The molecule has 0 radical (unpaired) electrons. The van der Waals surface area contributed by atoms with Gasteiger partial charge in [-0.15, -0.1) is 0 Å². The predicted molar refractivity (Wildman–Crippen MR) is 92.5 cm³/mol. The third-order valence-corrected chi connectivity index (χ3v) is 4.52. The molecule has 1 amide bonds. The largest absolute Gasteiger partial charge is 0.334 e. The maximum absolute atomic E-state index is 11.9. The van der Waals surface area contributed by atoms with Crippen molar-refractivity contribution in [2.45, 2.75) is 45.1 Å². The number of rotatable bonds is 5. The van der Waals surface area contributed by atoms with E-state index in [1.807, 2.05) is 13.8 Å². The van der Waals surface area contributed by atoms with Crippen LogP contribution < -0.4 is 11.1 Å². The van der Waals surface area contributed by atoms with Crippen molar-refractivity contribution in [1.29, 1.82) is 0 Å². The van der Waals surface area contributed by atoms with Crippen LogP contribution in [0.15, 0.2) is 22.7 Å². The van der Waals surface area contributed by atoms with Gasteiger partial charge in [0.05, 0.1) is 16.1 Å². The third-order valence-electron chi connectivity index (χ3n) is 4.19. The first-order valence-corrected chi connectivity index (χ1v) is 8.48. The Morgan fingerprint density at radius 2 is 2.21 bits per heavy atom. The van der Waals surface area contributed by atoms with Crippen molar-refractivity contribution in [1.82, 2.24) is 10.1 Å². The summed E-state index contributed by atoms with van der Waals surface area (Å²) in [5, 5.41) is 7.34. The van der Waals surface area contributed by atoms with E-state index in [1.54, 1.807) is 18.2 Å². The van der Waals surface area contributed by atoms with Gasteiger partial charge in [-0.1, -0.05) is 30.6 Å². The summed E-state index contributed by atoms with van der Waals surface area (Å²) < 4.78 is 5.34. The average molecular weight is 349 g/mol. The number of nitrogens with one attached hydrogen (secondary N) is 1. The molecule has 1 fully saturated rings. The molecule has 0 aliphatic heterocycles. The SMILES string of the molecule is CC(C)CC(=O)Nc1ccc(Cl)c(-c2nc(C3(N)CCC3)no2)c1. The third kappa shape index (κ3) is 3.44. The van der Waals surface area contributed by atoms with E-state index in [0.29, 0.717) is 40.3 Å². The lowest BCUT2D eigenvalue weighted by Gasteiger charge is -2.34. The molecule has 2 aromatic rings. The van der Waals surface area contributed by atoms with Gasteiger partial charge in [-0.3, -0.25) is 4.79 Å². The monoisotopic (exact) mass is 348 g/mol. The van der Waals surface area contributed by atoms with E-state index >= 15 is 0 Å². The van der Waals surface area contributed by atoms with Gasteiger partial charge in [-0.05, 0) is 43.4 Å². The number of carbonyl (C=O) groups excluding carboxylic acids is 1. The fourth-order valence-electron chi connectivity index (χ4n) is 2.67. The Morgan fingerprint density at radius 1 is 1.46 bits per heavy atom. The van der Waals surface area contributed by atoms with Crippen molar-refractivity contribution >= 4 is 23.2 Å². The van der Waals surface area contributed by atoms with Crippen LogP contribution in [-0.4, -0.2) is 16.0 Å². The van der Waals surface area contributed by atoms with Crippen LogP contribution in [0.5, 0.6) is 0 Å². The summed E-state index contributed by atoms with van der Waals surface area (Å²) >= 11 is 6.25. The molecular formula is C17H21ClN4O2. The summed E-state index contributed by atoms with van der Waals surface area (Å²) in [6.07, 6.45) is 3.23. The molecule has 24 heavy (non-hydrogen) atoms. The van der Waals surface area contributed by atoms with E-state index in [2.05, 4.69) is 15.5 Å². The highest BCUT2D eigenvalue weighted by Gasteiger charge is 2.39. The Hall–Kier alpha value is -1.92. The van der Waals surface area contributed by atoms with Crippen molar-refractivity contribution in [3.63, 3.8) is 0 Å². The molecule has 3 rings (SSSR count). The molecule has 3 N–H and O–H groups in total. The fraction of sp³-hybridized carbons (Fsp3) is 0.471. The maximum atomic E-state index is 11.9. The second kappa shape index (κ2) is 6.53. The normalized spacial score (nSPS) is 16.0. The van der Waals surface area contributed by atoms with Crippen molar-refractivity contribution in [2.24, 2.45) is 11.7 Å². The van der Waals surface area contributed by atoms with Gasteiger partial charge in [0.15, 0.2) is 5.82 Å². The summed E-state index contributed by atoms with van der Waals surface area (Å²) in [6.45, 7) is 3.99. The van der Waals surface area contributed by atoms with E-state index in [1.165, 1.54) is 0 Å². The average Bonchev–Trinajstić information content (AvgIpc) is 2.96. The number of amides is 1. The van der Waals surface area contributed by atoms with Crippen LogP contribution in [0.3, 0.4) is 0 Å². The van der Waals surface area contributed by atoms with Crippen LogP contribution in [0, 0.1) is 5.92 Å². The molecule has 0 atom stereocenters. The molecule has 0 unspecified atom stereocenters. The summed E-state index contributed by atoms with van der Waals surface area (Å²) in [7, 11) is 0. The molecule has 1 aromatic heterocycles. The predicted octanol–water partition coefficient (Wildman–Crippen LogP) is 3.71. The standard InChI is InChI=1S/C17H21ClN4O2/c1-10(2)8-14(23)20-11-4-5-13(18)12(9-11)15-21-16(22-24-15)17(19)6-3-7-17/h4-5,9-10H,3,6-8,19H2,1-2H3,(H,20,23). The first-order chi connectivity index (χ1) is 11.4. The van der Waals surface area contributed by atoms with Gasteiger partial charge >= 0.3 is 0 Å². The quantitative estimate of drug-likeness (QED) is 0.858. The highest BCUT2D eigenvalue weighted by molar-refractivity contribution is 6.33. The number of halogens is 1. The number of benzene rings is 1. The van der Waals surface area contributed by atoms with Gasteiger partial charge in [-0.25, -0.2) is 0 Å². The van der Waals surface area contributed by atoms with E-state index in [4.69, 9.17) is 21.9 Å². The Labute approximate surface area is 145 Å².